The van der Waals surface area contributed by atoms with Crippen molar-refractivity contribution in [3.63, 3.8) is 0 Å². The van der Waals surface area contributed by atoms with Gasteiger partial charge < -0.3 is 15.2 Å². The minimum Gasteiger partial charge on any atom is -0.394 e. The summed E-state index contributed by atoms with van der Waals surface area (Å²) in [5.41, 5.74) is -1.73. The van der Waals surface area contributed by atoms with Gasteiger partial charge in [0.15, 0.2) is 0 Å². The second-order valence-corrected chi connectivity index (χ2v) is 4.14. The first-order valence-corrected chi connectivity index (χ1v) is 6.20. The van der Waals surface area contributed by atoms with E-state index in [4.69, 9.17) is 9.84 Å². The number of aliphatic hydroxyl groups is 1. The average molecular weight is 309 g/mol. The van der Waals surface area contributed by atoms with Gasteiger partial charge in [0.1, 0.15) is 5.82 Å². The third-order valence-electron chi connectivity index (χ3n) is 2.52. The second-order valence-electron chi connectivity index (χ2n) is 4.14. The van der Waals surface area contributed by atoms with Crippen LogP contribution in [-0.4, -0.2) is 37.4 Å². The molecule has 8 heteroatoms. The highest BCUT2D eigenvalue weighted by Gasteiger charge is 2.34. The molecule has 2 N–H and O–H groups in total. The molecule has 0 saturated heterocycles. The molecule has 118 valence electrons. The van der Waals surface area contributed by atoms with E-state index in [2.05, 4.69) is 5.32 Å². The van der Waals surface area contributed by atoms with Crippen molar-refractivity contribution in [2.75, 3.05) is 26.4 Å². The SMILES string of the molecule is O=C(NCCCOCCO)c1ccc(F)c(C(F)(F)F)c1. The van der Waals surface area contributed by atoms with Crippen molar-refractivity contribution in [3.05, 3.63) is 35.1 Å². The van der Waals surface area contributed by atoms with Crippen LogP contribution in [0.25, 0.3) is 0 Å². The molecule has 0 spiro atoms. The van der Waals surface area contributed by atoms with E-state index in [0.717, 1.165) is 6.07 Å². The molecule has 1 aromatic carbocycles. The van der Waals surface area contributed by atoms with Gasteiger partial charge in [-0.15, -0.1) is 0 Å². The Labute approximate surface area is 118 Å². The van der Waals surface area contributed by atoms with E-state index in [-0.39, 0.29) is 25.3 Å². The summed E-state index contributed by atoms with van der Waals surface area (Å²) >= 11 is 0. The van der Waals surface area contributed by atoms with E-state index in [9.17, 15) is 22.4 Å². The number of hydrogen-bond acceptors (Lipinski definition) is 3. The molecule has 4 nitrogen and oxygen atoms in total. The lowest BCUT2D eigenvalue weighted by Gasteiger charge is -2.10. The maximum Gasteiger partial charge on any atom is 0.419 e. The number of rotatable bonds is 7. The first kappa shape index (κ1) is 17.4. The number of nitrogens with one attached hydrogen (secondary N) is 1. The zero-order chi connectivity index (χ0) is 15.9. The summed E-state index contributed by atoms with van der Waals surface area (Å²) < 4.78 is 55.5. The van der Waals surface area contributed by atoms with Gasteiger partial charge in [0.05, 0.1) is 18.8 Å². The van der Waals surface area contributed by atoms with Crippen LogP contribution in [0.15, 0.2) is 18.2 Å². The van der Waals surface area contributed by atoms with E-state index in [1.54, 1.807) is 0 Å². The number of amides is 1. The van der Waals surface area contributed by atoms with Gasteiger partial charge in [-0.1, -0.05) is 0 Å². The lowest BCUT2D eigenvalue weighted by atomic mass is 10.1. The number of carbonyl (C=O) groups excluding carboxylic acids is 1. The average Bonchev–Trinajstić information content (AvgIpc) is 2.41. The van der Waals surface area contributed by atoms with Crippen molar-refractivity contribution in [1.82, 2.24) is 5.32 Å². The summed E-state index contributed by atoms with van der Waals surface area (Å²) in [6.07, 6.45) is -4.41. The fourth-order valence-corrected chi connectivity index (χ4v) is 1.53. The summed E-state index contributed by atoms with van der Waals surface area (Å²) in [5.74, 6) is -2.14. The van der Waals surface area contributed by atoms with Crippen molar-refractivity contribution < 1.29 is 32.2 Å². The molecule has 0 aromatic heterocycles. The number of alkyl halides is 3. The topological polar surface area (TPSA) is 58.6 Å². The molecule has 0 unspecified atom stereocenters. The molecule has 1 rings (SSSR count). The van der Waals surface area contributed by atoms with Crippen molar-refractivity contribution in [2.24, 2.45) is 0 Å². The Balaban J connectivity index is 2.55. The Morgan fingerprint density at radius 2 is 2.00 bits per heavy atom. The molecule has 1 amide bonds. The maximum absolute atomic E-state index is 13.1. The van der Waals surface area contributed by atoms with Crippen LogP contribution in [0.5, 0.6) is 0 Å². The summed E-state index contributed by atoms with van der Waals surface area (Å²) in [5, 5.41) is 10.9. The zero-order valence-corrected chi connectivity index (χ0v) is 11.0. The molecular weight excluding hydrogens is 294 g/mol. The zero-order valence-electron chi connectivity index (χ0n) is 11.0. The predicted octanol–water partition coefficient (Wildman–Crippen LogP) is 1.97. The van der Waals surface area contributed by atoms with Crippen molar-refractivity contribution in [3.8, 4) is 0 Å². The summed E-state index contributed by atoms with van der Waals surface area (Å²) in [7, 11) is 0. The molecular formula is C13H15F4NO3. The van der Waals surface area contributed by atoms with Crippen LogP contribution in [0.1, 0.15) is 22.3 Å². The lowest BCUT2D eigenvalue weighted by molar-refractivity contribution is -0.140. The van der Waals surface area contributed by atoms with Gasteiger partial charge >= 0.3 is 6.18 Å². The van der Waals surface area contributed by atoms with Gasteiger partial charge in [0, 0.05) is 18.7 Å². The highest BCUT2D eigenvalue weighted by atomic mass is 19.4. The highest BCUT2D eigenvalue weighted by molar-refractivity contribution is 5.94. The highest BCUT2D eigenvalue weighted by Crippen LogP contribution is 2.31. The number of halogens is 4. The predicted molar refractivity (Wildman–Crippen MR) is 66.3 cm³/mol. The Bertz CT molecular complexity index is 477. The van der Waals surface area contributed by atoms with Crippen LogP contribution in [0, 0.1) is 5.82 Å². The molecule has 0 aliphatic carbocycles. The first-order chi connectivity index (χ1) is 9.86. The van der Waals surface area contributed by atoms with Crippen molar-refractivity contribution >= 4 is 5.91 Å². The van der Waals surface area contributed by atoms with Crippen LogP contribution in [0.3, 0.4) is 0 Å². The largest absolute Gasteiger partial charge is 0.419 e. The molecule has 0 fully saturated rings. The molecule has 1 aromatic rings. The van der Waals surface area contributed by atoms with Crippen LogP contribution in [0.2, 0.25) is 0 Å². The normalized spacial score (nSPS) is 11.5. The monoisotopic (exact) mass is 309 g/mol. The number of benzene rings is 1. The molecule has 0 saturated carbocycles. The van der Waals surface area contributed by atoms with Crippen molar-refractivity contribution in [1.29, 1.82) is 0 Å². The number of aliphatic hydroxyl groups excluding tert-OH is 1. The molecule has 0 bridgehead atoms. The third kappa shape index (κ3) is 5.68. The van der Waals surface area contributed by atoms with E-state index in [1.807, 2.05) is 0 Å². The fraction of sp³-hybridized carbons (Fsp3) is 0.462. The number of carbonyl (C=O) groups is 1. The maximum atomic E-state index is 13.1. The standard InChI is InChI=1S/C13H15F4NO3/c14-11-3-2-9(8-10(11)13(15,16)17)12(20)18-4-1-6-21-7-5-19/h2-3,8,19H,1,4-7H2,(H,18,20). The second kappa shape index (κ2) is 7.94. The van der Waals surface area contributed by atoms with Gasteiger partial charge in [-0.3, -0.25) is 4.79 Å². The van der Waals surface area contributed by atoms with E-state index in [0.29, 0.717) is 25.2 Å². The Kier molecular flexibility index (Phi) is 6.57. The van der Waals surface area contributed by atoms with Crippen LogP contribution in [-0.2, 0) is 10.9 Å². The van der Waals surface area contributed by atoms with Crippen LogP contribution >= 0.6 is 0 Å². The number of hydrogen-bond donors (Lipinski definition) is 2. The van der Waals surface area contributed by atoms with Gasteiger partial charge in [-0.25, -0.2) is 4.39 Å². The summed E-state index contributed by atoms with van der Waals surface area (Å²) in [4.78, 5) is 11.6. The van der Waals surface area contributed by atoms with Gasteiger partial charge in [-0.2, -0.15) is 13.2 Å². The lowest BCUT2D eigenvalue weighted by Crippen LogP contribution is -2.26. The van der Waals surface area contributed by atoms with E-state index >= 15 is 0 Å². The molecule has 0 aliphatic rings. The summed E-state index contributed by atoms with van der Waals surface area (Å²) in [6, 6.07) is 2.08. The molecule has 0 heterocycles. The Morgan fingerprint density at radius 1 is 1.29 bits per heavy atom. The van der Waals surface area contributed by atoms with Crippen molar-refractivity contribution in [2.45, 2.75) is 12.6 Å². The molecule has 21 heavy (non-hydrogen) atoms. The van der Waals surface area contributed by atoms with E-state index in [1.165, 1.54) is 0 Å². The van der Waals surface area contributed by atoms with Crippen LogP contribution < -0.4 is 5.32 Å². The minimum absolute atomic E-state index is 0.109. The smallest absolute Gasteiger partial charge is 0.394 e. The van der Waals surface area contributed by atoms with Gasteiger partial charge in [0.2, 0.25) is 0 Å². The fourth-order valence-electron chi connectivity index (χ4n) is 1.53. The van der Waals surface area contributed by atoms with Gasteiger partial charge in [0.25, 0.3) is 5.91 Å². The molecule has 0 aliphatic heterocycles. The Morgan fingerprint density at radius 3 is 2.62 bits per heavy atom. The number of ether oxygens (including phenoxy) is 1. The van der Waals surface area contributed by atoms with Crippen LogP contribution in [0.4, 0.5) is 17.6 Å². The molecule has 0 radical (unpaired) electrons. The minimum atomic E-state index is -4.85. The quantitative estimate of drug-likeness (QED) is 0.598. The first-order valence-electron chi connectivity index (χ1n) is 6.20. The third-order valence-corrected chi connectivity index (χ3v) is 2.52. The summed E-state index contributed by atoms with van der Waals surface area (Å²) in [6.45, 7) is 0.573. The van der Waals surface area contributed by atoms with E-state index < -0.39 is 23.5 Å². The Hall–Kier alpha value is -1.67. The molecule has 0 atom stereocenters. The van der Waals surface area contributed by atoms with Gasteiger partial charge in [-0.05, 0) is 24.6 Å².